The Morgan fingerprint density at radius 1 is 1.11 bits per heavy atom. The lowest BCUT2D eigenvalue weighted by Gasteiger charge is -2.41. The fourth-order valence-electron chi connectivity index (χ4n) is 3.42. The average Bonchev–Trinajstić information content (AvgIpc) is 2.72. The monoisotopic (exact) mass is 384 g/mol. The molecule has 0 saturated heterocycles. The molecule has 0 amide bonds. The summed E-state index contributed by atoms with van der Waals surface area (Å²) in [7, 11) is 1.38. The number of carbonyl (C=O) groups excluding carboxylic acids is 2. The maximum atomic E-state index is 12.5. The van der Waals surface area contributed by atoms with Crippen LogP contribution >= 0.6 is 0 Å². The standard InChI is InChI=1S/C22H24O6/c1-26-20-18(28-21(24)17-10-6-3-7-11-17)12-13-19(23)22(20,25)15-27-14-16-8-4-2-5-9-16/h2-11,18,20,25H,12-15H2,1H3/t18-,20-,22+/m1/s1. The Balaban J connectivity index is 1.68. The molecule has 0 bridgehead atoms. The van der Waals surface area contributed by atoms with Gasteiger partial charge < -0.3 is 19.3 Å². The minimum Gasteiger partial charge on any atom is -0.456 e. The van der Waals surface area contributed by atoms with E-state index in [4.69, 9.17) is 14.2 Å². The normalized spacial score (nSPS) is 24.7. The predicted molar refractivity (Wildman–Crippen MR) is 102 cm³/mol. The fourth-order valence-corrected chi connectivity index (χ4v) is 3.42. The van der Waals surface area contributed by atoms with Crippen LogP contribution in [0.5, 0.6) is 0 Å². The van der Waals surface area contributed by atoms with Gasteiger partial charge in [0, 0.05) is 13.5 Å². The van der Waals surface area contributed by atoms with Crippen molar-refractivity contribution in [2.24, 2.45) is 0 Å². The van der Waals surface area contributed by atoms with Crippen LogP contribution in [0.3, 0.4) is 0 Å². The van der Waals surface area contributed by atoms with E-state index in [1.54, 1.807) is 30.3 Å². The number of carbonyl (C=O) groups is 2. The lowest BCUT2D eigenvalue weighted by atomic mass is 9.79. The number of aliphatic hydroxyl groups is 1. The largest absolute Gasteiger partial charge is 0.456 e. The molecule has 0 heterocycles. The molecule has 2 aromatic carbocycles. The number of ether oxygens (including phenoxy) is 3. The highest BCUT2D eigenvalue weighted by Crippen LogP contribution is 2.31. The van der Waals surface area contributed by atoms with E-state index in [1.807, 2.05) is 30.3 Å². The molecule has 2 aromatic rings. The zero-order chi connectivity index (χ0) is 20.0. The second-order valence-electron chi connectivity index (χ2n) is 6.83. The summed E-state index contributed by atoms with van der Waals surface area (Å²) in [5, 5.41) is 11.0. The van der Waals surface area contributed by atoms with Crippen molar-refractivity contribution in [3.05, 3.63) is 71.8 Å². The topological polar surface area (TPSA) is 82.1 Å². The predicted octanol–water partition coefficient (Wildman–Crippen LogP) is 2.54. The minimum atomic E-state index is -1.87. The Morgan fingerprint density at radius 2 is 1.75 bits per heavy atom. The third-order valence-corrected chi connectivity index (χ3v) is 4.90. The summed E-state index contributed by atoms with van der Waals surface area (Å²) in [6.45, 7) is 0.0138. The first kappa shape index (κ1) is 20.2. The maximum Gasteiger partial charge on any atom is 0.338 e. The van der Waals surface area contributed by atoms with Crippen molar-refractivity contribution >= 4 is 11.8 Å². The minimum absolute atomic E-state index is 0.0811. The van der Waals surface area contributed by atoms with E-state index in [1.165, 1.54) is 7.11 Å². The molecule has 1 N–H and O–H groups in total. The Hall–Kier alpha value is -2.54. The molecule has 1 aliphatic rings. The number of benzene rings is 2. The van der Waals surface area contributed by atoms with Gasteiger partial charge in [-0.15, -0.1) is 0 Å². The maximum absolute atomic E-state index is 12.5. The summed E-state index contributed by atoms with van der Waals surface area (Å²) in [4.78, 5) is 24.9. The van der Waals surface area contributed by atoms with Crippen LogP contribution in [0, 0.1) is 0 Å². The molecule has 0 unspecified atom stereocenters. The third kappa shape index (κ3) is 4.47. The number of methoxy groups -OCH3 is 1. The first-order chi connectivity index (χ1) is 13.5. The number of hydrogen-bond donors (Lipinski definition) is 1. The van der Waals surface area contributed by atoms with E-state index >= 15 is 0 Å². The van der Waals surface area contributed by atoms with Gasteiger partial charge in [0.1, 0.15) is 12.2 Å². The summed E-state index contributed by atoms with van der Waals surface area (Å²) in [5.41, 5.74) is -0.544. The molecular formula is C22H24O6. The van der Waals surface area contributed by atoms with Gasteiger partial charge in [0.2, 0.25) is 0 Å². The first-order valence-electron chi connectivity index (χ1n) is 9.21. The van der Waals surface area contributed by atoms with Crippen molar-refractivity contribution in [3.8, 4) is 0 Å². The molecule has 0 aliphatic heterocycles. The van der Waals surface area contributed by atoms with Gasteiger partial charge in [0.25, 0.3) is 0 Å². The van der Waals surface area contributed by atoms with E-state index in [0.717, 1.165) is 5.56 Å². The summed E-state index contributed by atoms with van der Waals surface area (Å²) in [5.74, 6) is -0.894. The van der Waals surface area contributed by atoms with Crippen LogP contribution in [0.15, 0.2) is 60.7 Å². The van der Waals surface area contributed by atoms with Crippen molar-refractivity contribution in [2.45, 2.75) is 37.3 Å². The third-order valence-electron chi connectivity index (χ3n) is 4.90. The molecular weight excluding hydrogens is 360 g/mol. The highest BCUT2D eigenvalue weighted by molar-refractivity contribution is 5.91. The molecule has 6 heteroatoms. The van der Waals surface area contributed by atoms with Crippen molar-refractivity contribution in [3.63, 3.8) is 0 Å². The van der Waals surface area contributed by atoms with Crippen molar-refractivity contribution < 1.29 is 28.9 Å². The number of esters is 1. The van der Waals surface area contributed by atoms with Crippen molar-refractivity contribution in [1.82, 2.24) is 0 Å². The Kier molecular flexibility index (Phi) is 6.57. The SMILES string of the molecule is CO[C@@H]1[C@H](OC(=O)c2ccccc2)CCC(=O)[C@@]1(O)COCc1ccccc1. The zero-order valence-electron chi connectivity index (χ0n) is 15.7. The van der Waals surface area contributed by atoms with Gasteiger partial charge in [-0.05, 0) is 24.1 Å². The highest BCUT2D eigenvalue weighted by Gasteiger charge is 2.52. The van der Waals surface area contributed by atoms with Crippen LogP contribution in [0.2, 0.25) is 0 Å². The van der Waals surface area contributed by atoms with Crippen LogP contribution in [-0.4, -0.2) is 48.4 Å². The van der Waals surface area contributed by atoms with E-state index in [2.05, 4.69) is 0 Å². The molecule has 0 spiro atoms. The smallest absolute Gasteiger partial charge is 0.338 e. The Morgan fingerprint density at radius 3 is 2.39 bits per heavy atom. The molecule has 1 aliphatic carbocycles. The van der Waals surface area contributed by atoms with Gasteiger partial charge in [0.05, 0.1) is 18.8 Å². The second-order valence-corrected chi connectivity index (χ2v) is 6.83. The highest BCUT2D eigenvalue weighted by atomic mass is 16.6. The van der Waals surface area contributed by atoms with E-state index in [9.17, 15) is 14.7 Å². The molecule has 0 radical (unpaired) electrons. The van der Waals surface area contributed by atoms with Crippen molar-refractivity contribution in [2.75, 3.05) is 13.7 Å². The molecule has 0 aromatic heterocycles. The number of hydrogen-bond acceptors (Lipinski definition) is 6. The Bertz CT molecular complexity index is 791. The molecule has 3 atom stereocenters. The van der Waals surface area contributed by atoms with Crippen LogP contribution < -0.4 is 0 Å². The van der Waals surface area contributed by atoms with E-state index < -0.39 is 23.8 Å². The molecule has 6 nitrogen and oxygen atoms in total. The zero-order valence-corrected chi connectivity index (χ0v) is 15.7. The summed E-state index contributed by atoms with van der Waals surface area (Å²) < 4.78 is 16.6. The quantitative estimate of drug-likeness (QED) is 0.739. The van der Waals surface area contributed by atoms with Gasteiger partial charge in [-0.1, -0.05) is 48.5 Å². The number of rotatable bonds is 7. The number of Topliss-reactive ketones (excluding diaryl/α,β-unsaturated/α-hetero) is 1. The Labute approximate surface area is 164 Å². The molecule has 28 heavy (non-hydrogen) atoms. The molecule has 1 saturated carbocycles. The van der Waals surface area contributed by atoms with Gasteiger partial charge in [0.15, 0.2) is 11.4 Å². The summed E-state index contributed by atoms with van der Waals surface area (Å²) in [6.07, 6.45) is -1.38. The lowest BCUT2D eigenvalue weighted by molar-refractivity contribution is -0.194. The second kappa shape index (κ2) is 9.10. The lowest BCUT2D eigenvalue weighted by Crippen LogP contribution is -2.62. The van der Waals surface area contributed by atoms with Gasteiger partial charge in [-0.2, -0.15) is 0 Å². The van der Waals surface area contributed by atoms with Gasteiger partial charge >= 0.3 is 5.97 Å². The van der Waals surface area contributed by atoms with Gasteiger partial charge in [-0.25, -0.2) is 4.79 Å². The van der Waals surface area contributed by atoms with Gasteiger partial charge in [-0.3, -0.25) is 4.79 Å². The van der Waals surface area contributed by atoms with Crippen LogP contribution in [0.4, 0.5) is 0 Å². The summed E-state index contributed by atoms with van der Waals surface area (Å²) >= 11 is 0. The molecule has 3 rings (SSSR count). The average molecular weight is 384 g/mol. The molecule has 1 fully saturated rings. The number of ketones is 1. The first-order valence-corrected chi connectivity index (χ1v) is 9.21. The van der Waals surface area contributed by atoms with Crippen LogP contribution in [0.1, 0.15) is 28.8 Å². The fraction of sp³-hybridized carbons (Fsp3) is 0.364. The molecule has 148 valence electrons. The van der Waals surface area contributed by atoms with Crippen LogP contribution in [-0.2, 0) is 25.6 Å². The van der Waals surface area contributed by atoms with E-state index in [0.29, 0.717) is 5.56 Å². The van der Waals surface area contributed by atoms with E-state index in [-0.39, 0.29) is 31.8 Å². The van der Waals surface area contributed by atoms with Crippen LogP contribution in [0.25, 0.3) is 0 Å². The van der Waals surface area contributed by atoms with Crippen molar-refractivity contribution in [1.29, 1.82) is 0 Å². The summed E-state index contributed by atoms with van der Waals surface area (Å²) in [6, 6.07) is 18.0.